The van der Waals surface area contributed by atoms with Gasteiger partial charge in [0.25, 0.3) is 0 Å². The zero-order valence-electron chi connectivity index (χ0n) is 14.1. The third-order valence-corrected chi connectivity index (χ3v) is 4.99. The molecule has 1 atom stereocenters. The lowest BCUT2D eigenvalue weighted by Crippen LogP contribution is -2.18. The molecule has 1 fully saturated rings. The first-order chi connectivity index (χ1) is 12.1. The summed E-state index contributed by atoms with van der Waals surface area (Å²) in [7, 11) is 2.14. The SMILES string of the molecule is CN1CCC(n2nc(N)c(-c3ccncc3)c2-c2ccc(Cl)cc2)C1. The number of aromatic nitrogens is 3. The highest BCUT2D eigenvalue weighted by molar-refractivity contribution is 6.30. The van der Waals surface area contributed by atoms with Gasteiger partial charge >= 0.3 is 0 Å². The van der Waals surface area contributed by atoms with Crippen molar-refractivity contribution in [2.45, 2.75) is 12.5 Å². The van der Waals surface area contributed by atoms with Crippen molar-refractivity contribution < 1.29 is 0 Å². The topological polar surface area (TPSA) is 60.0 Å². The zero-order chi connectivity index (χ0) is 17.4. The molecule has 6 heteroatoms. The van der Waals surface area contributed by atoms with Crippen molar-refractivity contribution in [1.82, 2.24) is 19.7 Å². The van der Waals surface area contributed by atoms with Gasteiger partial charge in [-0.3, -0.25) is 9.67 Å². The van der Waals surface area contributed by atoms with E-state index in [-0.39, 0.29) is 0 Å². The molecule has 0 bridgehead atoms. The molecule has 1 unspecified atom stereocenters. The molecule has 1 aliphatic heterocycles. The summed E-state index contributed by atoms with van der Waals surface area (Å²) in [5.41, 5.74) is 10.4. The van der Waals surface area contributed by atoms with Crippen molar-refractivity contribution in [3.05, 3.63) is 53.8 Å². The molecule has 2 N–H and O–H groups in total. The van der Waals surface area contributed by atoms with E-state index < -0.39 is 0 Å². The van der Waals surface area contributed by atoms with Gasteiger partial charge in [-0.1, -0.05) is 23.7 Å². The normalized spacial score (nSPS) is 17.9. The molecule has 1 aliphatic rings. The summed E-state index contributed by atoms with van der Waals surface area (Å²) in [6.07, 6.45) is 4.62. The second-order valence-electron chi connectivity index (χ2n) is 6.50. The molecule has 0 spiro atoms. The van der Waals surface area contributed by atoms with Crippen molar-refractivity contribution in [1.29, 1.82) is 0 Å². The largest absolute Gasteiger partial charge is 0.382 e. The fourth-order valence-corrected chi connectivity index (χ4v) is 3.64. The van der Waals surface area contributed by atoms with Crippen LogP contribution in [0.25, 0.3) is 22.4 Å². The number of likely N-dealkylation sites (N-methyl/N-ethyl adjacent to an activating group) is 1. The van der Waals surface area contributed by atoms with Crippen LogP contribution in [0.2, 0.25) is 5.02 Å². The third kappa shape index (κ3) is 3.01. The fraction of sp³-hybridized carbons (Fsp3) is 0.263. The lowest BCUT2D eigenvalue weighted by molar-refractivity contribution is 0.384. The van der Waals surface area contributed by atoms with Crippen LogP contribution in [-0.2, 0) is 0 Å². The maximum atomic E-state index is 6.35. The first-order valence-electron chi connectivity index (χ1n) is 8.36. The first-order valence-corrected chi connectivity index (χ1v) is 8.74. The fourth-order valence-electron chi connectivity index (χ4n) is 3.52. The molecular weight excluding hydrogens is 334 g/mol. The number of halogens is 1. The van der Waals surface area contributed by atoms with E-state index in [1.54, 1.807) is 12.4 Å². The van der Waals surface area contributed by atoms with Gasteiger partial charge in [-0.25, -0.2) is 0 Å². The number of likely N-dealkylation sites (tertiary alicyclic amines) is 1. The quantitative estimate of drug-likeness (QED) is 0.779. The molecule has 0 saturated carbocycles. The summed E-state index contributed by atoms with van der Waals surface area (Å²) in [4.78, 5) is 6.44. The van der Waals surface area contributed by atoms with Crippen LogP contribution < -0.4 is 5.73 Å². The van der Waals surface area contributed by atoms with E-state index in [4.69, 9.17) is 22.4 Å². The minimum absolute atomic E-state index is 0.313. The number of anilines is 1. The van der Waals surface area contributed by atoms with Crippen molar-refractivity contribution in [3.8, 4) is 22.4 Å². The third-order valence-electron chi connectivity index (χ3n) is 4.74. The molecule has 5 nitrogen and oxygen atoms in total. The maximum absolute atomic E-state index is 6.35. The van der Waals surface area contributed by atoms with E-state index in [1.807, 2.05) is 36.4 Å². The van der Waals surface area contributed by atoms with Crippen LogP contribution in [0, 0.1) is 0 Å². The summed E-state index contributed by atoms with van der Waals surface area (Å²) in [5, 5.41) is 5.43. The van der Waals surface area contributed by atoms with Crippen molar-refractivity contribution in [2.75, 3.05) is 25.9 Å². The molecule has 25 heavy (non-hydrogen) atoms. The minimum atomic E-state index is 0.313. The summed E-state index contributed by atoms with van der Waals surface area (Å²) < 4.78 is 2.10. The Morgan fingerprint density at radius 3 is 2.44 bits per heavy atom. The average molecular weight is 354 g/mol. The number of nitrogen functional groups attached to an aromatic ring is 1. The summed E-state index contributed by atoms with van der Waals surface area (Å²) >= 11 is 6.09. The Labute approximate surface area is 152 Å². The van der Waals surface area contributed by atoms with Crippen molar-refractivity contribution in [3.63, 3.8) is 0 Å². The van der Waals surface area contributed by atoms with Crippen LogP contribution >= 0.6 is 11.6 Å². The Morgan fingerprint density at radius 2 is 1.80 bits per heavy atom. The Balaban J connectivity index is 1.92. The lowest BCUT2D eigenvalue weighted by Gasteiger charge is -2.16. The highest BCUT2D eigenvalue weighted by Crippen LogP contribution is 2.39. The predicted octanol–water partition coefficient (Wildman–Crippen LogP) is 3.72. The Bertz CT molecular complexity index is 873. The lowest BCUT2D eigenvalue weighted by atomic mass is 10.0. The van der Waals surface area contributed by atoms with Gasteiger partial charge < -0.3 is 10.6 Å². The number of hydrogen-bond donors (Lipinski definition) is 1. The van der Waals surface area contributed by atoms with Crippen molar-refractivity contribution >= 4 is 17.4 Å². The monoisotopic (exact) mass is 353 g/mol. The van der Waals surface area contributed by atoms with Gasteiger partial charge in [0.05, 0.1) is 17.3 Å². The molecular formula is C19H20ClN5. The second-order valence-corrected chi connectivity index (χ2v) is 6.94. The van der Waals surface area contributed by atoms with Crippen LogP contribution in [0.1, 0.15) is 12.5 Å². The standard InChI is InChI=1S/C19H20ClN5/c1-24-11-8-16(12-24)25-18(14-2-4-15(20)5-3-14)17(19(21)23-25)13-6-9-22-10-7-13/h2-7,9-10,16H,8,11-12H2,1H3,(H2,21,23). The summed E-state index contributed by atoms with van der Waals surface area (Å²) in [5.74, 6) is 0.547. The van der Waals surface area contributed by atoms with Gasteiger partial charge in [0.15, 0.2) is 5.82 Å². The molecule has 2 aromatic heterocycles. The van der Waals surface area contributed by atoms with Crippen LogP contribution in [0.4, 0.5) is 5.82 Å². The number of nitrogens with zero attached hydrogens (tertiary/aromatic N) is 4. The van der Waals surface area contributed by atoms with Crippen molar-refractivity contribution in [2.24, 2.45) is 0 Å². The second kappa shape index (κ2) is 6.50. The molecule has 3 heterocycles. The van der Waals surface area contributed by atoms with Gasteiger partial charge in [-0.15, -0.1) is 0 Å². The number of nitrogens with two attached hydrogens (primary N) is 1. The van der Waals surface area contributed by atoms with Crippen LogP contribution in [0.15, 0.2) is 48.8 Å². The van der Waals surface area contributed by atoms with E-state index >= 15 is 0 Å². The minimum Gasteiger partial charge on any atom is -0.382 e. The van der Waals surface area contributed by atoms with E-state index in [2.05, 4.69) is 21.6 Å². The summed E-state index contributed by atoms with van der Waals surface area (Å²) in [6, 6.07) is 12.1. The Morgan fingerprint density at radius 1 is 1.08 bits per heavy atom. The molecule has 1 saturated heterocycles. The van der Waals surface area contributed by atoms with Gasteiger partial charge in [0.2, 0.25) is 0 Å². The molecule has 4 rings (SSSR count). The van der Waals surface area contributed by atoms with Crippen LogP contribution in [0.5, 0.6) is 0 Å². The van der Waals surface area contributed by atoms with E-state index in [0.717, 1.165) is 41.9 Å². The van der Waals surface area contributed by atoms with Gasteiger partial charge in [-0.05, 0) is 49.8 Å². The maximum Gasteiger partial charge on any atom is 0.154 e. The highest BCUT2D eigenvalue weighted by atomic mass is 35.5. The summed E-state index contributed by atoms with van der Waals surface area (Å²) in [6.45, 7) is 2.03. The highest BCUT2D eigenvalue weighted by Gasteiger charge is 2.28. The molecule has 0 aliphatic carbocycles. The molecule has 0 amide bonds. The number of hydrogen-bond acceptors (Lipinski definition) is 4. The van der Waals surface area contributed by atoms with E-state index in [1.165, 1.54) is 0 Å². The number of rotatable bonds is 3. The predicted molar refractivity (Wildman–Crippen MR) is 101 cm³/mol. The van der Waals surface area contributed by atoms with Gasteiger partial charge in [-0.2, -0.15) is 5.10 Å². The van der Waals surface area contributed by atoms with Gasteiger partial charge in [0.1, 0.15) is 0 Å². The number of pyridine rings is 1. The number of benzene rings is 1. The van der Waals surface area contributed by atoms with E-state index in [0.29, 0.717) is 16.9 Å². The molecule has 0 radical (unpaired) electrons. The van der Waals surface area contributed by atoms with E-state index in [9.17, 15) is 0 Å². The first kappa shape index (κ1) is 16.1. The average Bonchev–Trinajstić information content (AvgIpc) is 3.20. The zero-order valence-corrected chi connectivity index (χ0v) is 14.8. The molecule has 128 valence electrons. The molecule has 1 aromatic carbocycles. The smallest absolute Gasteiger partial charge is 0.154 e. The van der Waals surface area contributed by atoms with Crippen LogP contribution in [0.3, 0.4) is 0 Å². The Hall–Kier alpha value is -2.37. The molecule has 3 aromatic rings. The Kier molecular flexibility index (Phi) is 4.19. The van der Waals surface area contributed by atoms with Crippen LogP contribution in [-0.4, -0.2) is 39.8 Å². The van der Waals surface area contributed by atoms with Gasteiger partial charge in [0, 0.05) is 29.5 Å².